The maximum atomic E-state index is 11.6. The molecule has 0 aromatic heterocycles. The zero-order chi connectivity index (χ0) is 15.4. The average molecular weight is 292 g/mol. The van der Waals surface area contributed by atoms with Gasteiger partial charge in [-0.3, -0.25) is 19.2 Å². The predicted octanol–water partition coefficient (Wildman–Crippen LogP) is -0.609. The molecule has 1 aliphatic rings. The first-order valence-corrected chi connectivity index (χ1v) is 6.02. The summed E-state index contributed by atoms with van der Waals surface area (Å²) < 4.78 is 4.80. The molecule has 0 saturated carbocycles. The minimum absolute atomic E-state index is 0.174. The lowest BCUT2D eigenvalue weighted by atomic mass is 10.1. The number of carbonyl (C=O) groups excluding carboxylic acids is 3. The largest absolute Gasteiger partial charge is 0.480 e. The minimum Gasteiger partial charge on any atom is -0.480 e. The molecule has 21 heavy (non-hydrogen) atoms. The molecule has 1 aliphatic heterocycles. The van der Waals surface area contributed by atoms with Crippen LogP contribution in [0.2, 0.25) is 0 Å². The molecule has 3 amide bonds. The van der Waals surface area contributed by atoms with Gasteiger partial charge in [-0.15, -0.1) is 0 Å². The van der Waals surface area contributed by atoms with Gasteiger partial charge in [-0.1, -0.05) is 0 Å². The van der Waals surface area contributed by atoms with Gasteiger partial charge < -0.3 is 15.2 Å². The van der Waals surface area contributed by atoms with Crippen molar-refractivity contribution in [3.05, 3.63) is 29.8 Å². The van der Waals surface area contributed by atoms with Gasteiger partial charge in [-0.25, -0.2) is 4.90 Å². The van der Waals surface area contributed by atoms with Crippen molar-refractivity contribution in [2.45, 2.75) is 0 Å². The van der Waals surface area contributed by atoms with Crippen molar-refractivity contribution < 1.29 is 29.0 Å². The van der Waals surface area contributed by atoms with Gasteiger partial charge in [0, 0.05) is 5.56 Å². The zero-order valence-electron chi connectivity index (χ0n) is 10.9. The van der Waals surface area contributed by atoms with Crippen molar-refractivity contribution in [2.75, 3.05) is 24.7 Å². The lowest BCUT2D eigenvalue weighted by Crippen LogP contribution is -2.46. The van der Waals surface area contributed by atoms with Crippen LogP contribution >= 0.6 is 0 Å². The first-order chi connectivity index (χ1) is 9.99. The monoisotopic (exact) mass is 292 g/mol. The van der Waals surface area contributed by atoms with Crippen LogP contribution in [-0.2, 0) is 19.1 Å². The Balaban J connectivity index is 2.11. The number of imide groups is 1. The van der Waals surface area contributed by atoms with Crippen LogP contribution in [0.4, 0.5) is 5.69 Å². The van der Waals surface area contributed by atoms with Crippen molar-refractivity contribution in [3.63, 3.8) is 0 Å². The second kappa shape index (κ2) is 6.14. The van der Waals surface area contributed by atoms with E-state index >= 15 is 0 Å². The SMILES string of the molecule is O=C(O)CNC(=O)c1ccc(N2C(=O)COCC2=O)cc1. The fourth-order valence-electron chi connectivity index (χ4n) is 1.80. The maximum Gasteiger partial charge on any atom is 0.322 e. The number of hydrogen-bond acceptors (Lipinski definition) is 5. The molecule has 0 unspecified atom stereocenters. The fourth-order valence-corrected chi connectivity index (χ4v) is 1.80. The van der Waals surface area contributed by atoms with Crippen LogP contribution in [0, 0.1) is 0 Å². The van der Waals surface area contributed by atoms with Gasteiger partial charge in [0.15, 0.2) is 0 Å². The third kappa shape index (κ3) is 3.42. The van der Waals surface area contributed by atoms with Gasteiger partial charge in [0.05, 0.1) is 5.69 Å². The molecule has 2 N–H and O–H groups in total. The normalized spacial score (nSPS) is 15.0. The van der Waals surface area contributed by atoms with E-state index in [1.54, 1.807) is 0 Å². The summed E-state index contributed by atoms with van der Waals surface area (Å²) in [7, 11) is 0. The quantitative estimate of drug-likeness (QED) is 0.716. The van der Waals surface area contributed by atoms with Crippen molar-refractivity contribution in [3.8, 4) is 0 Å². The van der Waals surface area contributed by atoms with Crippen LogP contribution in [0.3, 0.4) is 0 Å². The summed E-state index contributed by atoms with van der Waals surface area (Å²) in [5.41, 5.74) is 0.566. The third-order valence-electron chi connectivity index (χ3n) is 2.74. The van der Waals surface area contributed by atoms with Crippen molar-refractivity contribution in [1.29, 1.82) is 0 Å². The number of nitrogens with one attached hydrogen (secondary N) is 1. The standard InChI is InChI=1S/C13H12N2O6/c16-10-6-21-7-11(17)15(10)9-3-1-8(2-4-9)13(20)14-5-12(18)19/h1-4H,5-7H2,(H,14,20)(H,18,19). The highest BCUT2D eigenvalue weighted by Crippen LogP contribution is 2.18. The zero-order valence-corrected chi connectivity index (χ0v) is 10.9. The van der Waals surface area contributed by atoms with E-state index in [9.17, 15) is 19.2 Å². The van der Waals surface area contributed by atoms with Gasteiger partial charge in [-0.2, -0.15) is 0 Å². The Labute approximate surface area is 119 Å². The van der Waals surface area contributed by atoms with Crippen LogP contribution < -0.4 is 10.2 Å². The first-order valence-electron chi connectivity index (χ1n) is 6.02. The van der Waals surface area contributed by atoms with Crippen LogP contribution in [0.1, 0.15) is 10.4 Å². The molecule has 8 nitrogen and oxygen atoms in total. The molecule has 0 atom stereocenters. The molecule has 0 radical (unpaired) electrons. The Morgan fingerprint density at radius 1 is 1.14 bits per heavy atom. The Kier molecular flexibility index (Phi) is 4.29. The van der Waals surface area contributed by atoms with E-state index in [4.69, 9.17) is 9.84 Å². The summed E-state index contributed by atoms with van der Waals surface area (Å²) in [5, 5.41) is 10.7. The maximum absolute atomic E-state index is 11.6. The van der Waals surface area contributed by atoms with E-state index in [0.717, 1.165) is 4.90 Å². The van der Waals surface area contributed by atoms with Crippen LogP contribution in [0.15, 0.2) is 24.3 Å². The number of benzene rings is 1. The van der Waals surface area contributed by atoms with Crippen LogP contribution in [-0.4, -0.2) is 48.6 Å². The molecule has 1 fully saturated rings. The second-order valence-electron chi connectivity index (χ2n) is 4.24. The number of amides is 3. The summed E-state index contributed by atoms with van der Waals surface area (Å²) in [5.74, 6) is -2.66. The number of aliphatic carboxylic acids is 1. The van der Waals surface area contributed by atoms with Crippen LogP contribution in [0.25, 0.3) is 0 Å². The highest BCUT2D eigenvalue weighted by atomic mass is 16.5. The summed E-state index contributed by atoms with van der Waals surface area (Å²) in [6, 6.07) is 5.69. The van der Waals surface area contributed by atoms with E-state index in [1.807, 2.05) is 0 Å². The van der Waals surface area contributed by atoms with Gasteiger partial charge in [0.2, 0.25) is 0 Å². The summed E-state index contributed by atoms with van der Waals surface area (Å²) in [4.78, 5) is 46.2. The highest BCUT2D eigenvalue weighted by molar-refractivity contribution is 6.17. The molecule has 1 heterocycles. The van der Waals surface area contributed by atoms with E-state index in [-0.39, 0.29) is 18.8 Å². The lowest BCUT2D eigenvalue weighted by Gasteiger charge is -2.24. The number of hydrogen-bond donors (Lipinski definition) is 2. The van der Waals surface area contributed by atoms with Gasteiger partial charge >= 0.3 is 5.97 Å². The molecule has 110 valence electrons. The van der Waals surface area contributed by atoms with E-state index < -0.39 is 30.2 Å². The van der Waals surface area contributed by atoms with E-state index in [2.05, 4.69) is 5.32 Å². The smallest absolute Gasteiger partial charge is 0.322 e. The van der Waals surface area contributed by atoms with E-state index in [0.29, 0.717) is 5.69 Å². The number of carbonyl (C=O) groups is 4. The van der Waals surface area contributed by atoms with Crippen molar-refractivity contribution in [1.82, 2.24) is 5.32 Å². The van der Waals surface area contributed by atoms with Crippen molar-refractivity contribution >= 4 is 29.4 Å². The number of ether oxygens (including phenoxy) is 1. The topological polar surface area (TPSA) is 113 Å². The average Bonchev–Trinajstić information content (AvgIpc) is 2.45. The molecule has 2 rings (SSSR count). The molecule has 1 aromatic rings. The number of rotatable bonds is 4. The number of carboxylic acids is 1. The molecule has 1 aromatic carbocycles. The third-order valence-corrected chi connectivity index (χ3v) is 2.74. The highest BCUT2D eigenvalue weighted by Gasteiger charge is 2.28. The van der Waals surface area contributed by atoms with Crippen molar-refractivity contribution in [2.24, 2.45) is 0 Å². The molecular weight excluding hydrogens is 280 g/mol. The number of nitrogens with zero attached hydrogens (tertiary/aromatic N) is 1. The summed E-state index contributed by atoms with van der Waals surface area (Å²) in [6.07, 6.45) is 0. The van der Waals surface area contributed by atoms with Gasteiger partial charge in [0.1, 0.15) is 19.8 Å². The lowest BCUT2D eigenvalue weighted by molar-refractivity contribution is -0.138. The first kappa shape index (κ1) is 14.7. The number of morpholine rings is 1. The molecule has 0 bridgehead atoms. The minimum atomic E-state index is -1.15. The Morgan fingerprint density at radius 2 is 1.71 bits per heavy atom. The Bertz CT molecular complexity index is 579. The molecule has 1 saturated heterocycles. The van der Waals surface area contributed by atoms with Gasteiger partial charge in [0.25, 0.3) is 17.7 Å². The Morgan fingerprint density at radius 3 is 2.24 bits per heavy atom. The molecule has 0 spiro atoms. The fraction of sp³-hybridized carbons (Fsp3) is 0.231. The predicted molar refractivity (Wildman–Crippen MR) is 69.7 cm³/mol. The van der Waals surface area contributed by atoms with E-state index in [1.165, 1.54) is 24.3 Å². The van der Waals surface area contributed by atoms with Gasteiger partial charge in [-0.05, 0) is 24.3 Å². The second-order valence-corrected chi connectivity index (χ2v) is 4.24. The summed E-state index contributed by atoms with van der Waals surface area (Å²) in [6.45, 7) is -0.833. The molecular formula is C13H12N2O6. The Hall–Kier alpha value is -2.74. The summed E-state index contributed by atoms with van der Waals surface area (Å²) >= 11 is 0. The molecule has 8 heteroatoms. The number of anilines is 1. The number of carboxylic acid groups (broad SMARTS) is 1. The molecule has 0 aliphatic carbocycles. The van der Waals surface area contributed by atoms with Crippen LogP contribution in [0.5, 0.6) is 0 Å².